The van der Waals surface area contributed by atoms with Crippen molar-refractivity contribution in [3.8, 4) is 0 Å². The first-order chi connectivity index (χ1) is 11.4. The number of halogens is 3. The van der Waals surface area contributed by atoms with Crippen LogP contribution in [0.3, 0.4) is 0 Å². The molecule has 1 aliphatic rings. The second-order valence-corrected chi connectivity index (χ2v) is 5.93. The molecule has 1 fully saturated rings. The Bertz CT molecular complexity index is 679. The Morgan fingerprint density at radius 1 is 1.25 bits per heavy atom. The van der Waals surface area contributed by atoms with Crippen LogP contribution in [0.25, 0.3) is 0 Å². The highest BCUT2D eigenvalue weighted by molar-refractivity contribution is 5.26. The van der Waals surface area contributed by atoms with Crippen LogP contribution >= 0.6 is 0 Å². The fourth-order valence-corrected chi connectivity index (χ4v) is 2.75. The summed E-state index contributed by atoms with van der Waals surface area (Å²) < 4.78 is 42.5. The maximum absolute atomic E-state index is 12.5. The lowest BCUT2D eigenvalue weighted by molar-refractivity contribution is -0.137. The van der Waals surface area contributed by atoms with Crippen LogP contribution in [0.5, 0.6) is 0 Å². The van der Waals surface area contributed by atoms with Crippen molar-refractivity contribution in [1.29, 1.82) is 0 Å². The molecule has 8 heteroatoms. The maximum Gasteiger partial charge on any atom is 0.416 e. The molecule has 1 aliphatic heterocycles. The van der Waals surface area contributed by atoms with Crippen molar-refractivity contribution in [2.75, 3.05) is 19.6 Å². The summed E-state index contributed by atoms with van der Waals surface area (Å²) in [6, 6.07) is 6.26. The number of aliphatic hydroxyl groups is 2. The van der Waals surface area contributed by atoms with E-state index >= 15 is 0 Å². The SMILES string of the molecule is OCc1cc(C2CN(CC(O)c3ccc(C(F)(F)F)cc3)C2)no1. The van der Waals surface area contributed by atoms with E-state index < -0.39 is 17.8 Å². The minimum absolute atomic E-state index is 0.175. The number of aliphatic hydroxyl groups excluding tert-OH is 2. The summed E-state index contributed by atoms with van der Waals surface area (Å²) in [5.74, 6) is 0.585. The summed E-state index contributed by atoms with van der Waals surface area (Å²) in [5.41, 5.74) is 0.489. The van der Waals surface area contributed by atoms with Crippen LogP contribution < -0.4 is 0 Å². The highest BCUT2D eigenvalue weighted by Gasteiger charge is 2.33. The average Bonchev–Trinajstić information content (AvgIpc) is 2.98. The van der Waals surface area contributed by atoms with Crippen LogP contribution in [0.1, 0.15) is 34.6 Å². The highest BCUT2D eigenvalue weighted by atomic mass is 19.4. The molecule has 0 aliphatic carbocycles. The molecule has 0 radical (unpaired) electrons. The third kappa shape index (κ3) is 3.61. The molecule has 130 valence electrons. The lowest BCUT2D eigenvalue weighted by Gasteiger charge is -2.39. The second-order valence-electron chi connectivity index (χ2n) is 5.93. The van der Waals surface area contributed by atoms with E-state index in [9.17, 15) is 18.3 Å². The summed E-state index contributed by atoms with van der Waals surface area (Å²) in [6.45, 7) is 1.49. The lowest BCUT2D eigenvalue weighted by Crippen LogP contribution is -2.46. The topological polar surface area (TPSA) is 69.7 Å². The van der Waals surface area contributed by atoms with Crippen molar-refractivity contribution in [2.24, 2.45) is 0 Å². The van der Waals surface area contributed by atoms with Crippen LogP contribution in [0.2, 0.25) is 0 Å². The van der Waals surface area contributed by atoms with Gasteiger partial charge in [0.2, 0.25) is 0 Å². The molecule has 1 aromatic carbocycles. The van der Waals surface area contributed by atoms with Crippen LogP contribution in [-0.4, -0.2) is 39.9 Å². The molecule has 1 unspecified atom stereocenters. The van der Waals surface area contributed by atoms with Crippen molar-refractivity contribution in [2.45, 2.75) is 24.8 Å². The number of hydrogen-bond donors (Lipinski definition) is 2. The van der Waals surface area contributed by atoms with Crippen LogP contribution in [-0.2, 0) is 12.8 Å². The van der Waals surface area contributed by atoms with E-state index in [1.807, 2.05) is 4.90 Å². The van der Waals surface area contributed by atoms with Gasteiger partial charge in [-0.2, -0.15) is 13.2 Å². The zero-order valence-corrected chi connectivity index (χ0v) is 12.7. The first-order valence-electron chi connectivity index (χ1n) is 7.50. The molecule has 3 rings (SSSR count). The van der Waals surface area contributed by atoms with E-state index in [-0.39, 0.29) is 12.5 Å². The van der Waals surface area contributed by atoms with Gasteiger partial charge in [-0.15, -0.1) is 0 Å². The largest absolute Gasteiger partial charge is 0.416 e. The monoisotopic (exact) mass is 342 g/mol. The summed E-state index contributed by atoms with van der Waals surface area (Å²) in [4.78, 5) is 1.99. The maximum atomic E-state index is 12.5. The van der Waals surface area contributed by atoms with E-state index in [1.54, 1.807) is 6.07 Å². The zero-order valence-electron chi connectivity index (χ0n) is 12.7. The minimum atomic E-state index is -4.38. The number of rotatable bonds is 5. The first kappa shape index (κ1) is 16.9. The molecule has 24 heavy (non-hydrogen) atoms. The van der Waals surface area contributed by atoms with Gasteiger partial charge in [-0.3, -0.25) is 4.90 Å². The Hall–Kier alpha value is -1.90. The average molecular weight is 342 g/mol. The molecular weight excluding hydrogens is 325 g/mol. The molecule has 1 aromatic heterocycles. The van der Waals surface area contributed by atoms with Gasteiger partial charge in [0.05, 0.1) is 17.4 Å². The number of alkyl halides is 3. The molecule has 5 nitrogen and oxygen atoms in total. The molecule has 0 saturated carbocycles. The van der Waals surface area contributed by atoms with Gasteiger partial charge in [0.15, 0.2) is 5.76 Å². The summed E-state index contributed by atoms with van der Waals surface area (Å²) >= 11 is 0. The number of hydrogen-bond acceptors (Lipinski definition) is 5. The standard InChI is InChI=1S/C16H17F3N2O3/c17-16(18,19)12-3-1-10(2-4-12)15(23)8-21-6-11(7-21)14-5-13(9-22)24-20-14/h1-5,11,15,22-23H,6-9H2. The smallest absolute Gasteiger partial charge is 0.388 e. The molecule has 2 N–H and O–H groups in total. The van der Waals surface area contributed by atoms with Gasteiger partial charge >= 0.3 is 6.18 Å². The van der Waals surface area contributed by atoms with E-state index in [0.29, 0.717) is 31.0 Å². The molecular formula is C16H17F3N2O3. The minimum Gasteiger partial charge on any atom is -0.388 e. The van der Waals surface area contributed by atoms with Crippen molar-refractivity contribution < 1.29 is 27.9 Å². The Morgan fingerprint density at radius 3 is 2.46 bits per heavy atom. The van der Waals surface area contributed by atoms with Gasteiger partial charge < -0.3 is 14.7 Å². The predicted molar refractivity (Wildman–Crippen MR) is 78.0 cm³/mol. The molecule has 2 aromatic rings. The summed E-state index contributed by atoms with van der Waals surface area (Å²) in [6.07, 6.45) is -5.22. The van der Waals surface area contributed by atoms with E-state index in [2.05, 4.69) is 5.16 Å². The van der Waals surface area contributed by atoms with Gasteiger partial charge in [-0.25, -0.2) is 0 Å². The number of benzene rings is 1. The van der Waals surface area contributed by atoms with Crippen LogP contribution in [0.15, 0.2) is 34.9 Å². The lowest BCUT2D eigenvalue weighted by atomic mass is 9.95. The van der Waals surface area contributed by atoms with Gasteiger partial charge in [0.25, 0.3) is 0 Å². The fraction of sp³-hybridized carbons (Fsp3) is 0.438. The Labute approximate surface area is 136 Å². The van der Waals surface area contributed by atoms with E-state index in [4.69, 9.17) is 9.63 Å². The van der Waals surface area contributed by atoms with Gasteiger partial charge in [-0.05, 0) is 17.7 Å². The number of aromatic nitrogens is 1. The Balaban J connectivity index is 1.52. The fourth-order valence-electron chi connectivity index (χ4n) is 2.75. The molecule has 1 saturated heterocycles. The Morgan fingerprint density at radius 2 is 1.92 bits per heavy atom. The summed E-state index contributed by atoms with van der Waals surface area (Å²) in [7, 11) is 0. The normalized spacial score (nSPS) is 17.7. The van der Waals surface area contributed by atoms with Crippen LogP contribution in [0.4, 0.5) is 13.2 Å². The van der Waals surface area contributed by atoms with Gasteiger partial charge in [-0.1, -0.05) is 17.3 Å². The third-order valence-corrected chi connectivity index (χ3v) is 4.16. The molecule has 0 spiro atoms. The highest BCUT2D eigenvalue weighted by Crippen LogP contribution is 2.31. The molecule has 0 bridgehead atoms. The third-order valence-electron chi connectivity index (χ3n) is 4.16. The van der Waals surface area contributed by atoms with Crippen molar-refractivity contribution in [3.05, 3.63) is 52.9 Å². The van der Waals surface area contributed by atoms with Crippen molar-refractivity contribution >= 4 is 0 Å². The quantitative estimate of drug-likeness (QED) is 0.873. The number of nitrogens with zero attached hydrogens (tertiary/aromatic N) is 2. The predicted octanol–water partition coefficient (Wildman–Crippen LogP) is 2.32. The summed E-state index contributed by atoms with van der Waals surface area (Å²) in [5, 5.41) is 23.0. The molecule has 2 heterocycles. The van der Waals surface area contributed by atoms with E-state index in [0.717, 1.165) is 17.8 Å². The van der Waals surface area contributed by atoms with E-state index in [1.165, 1.54) is 12.1 Å². The van der Waals surface area contributed by atoms with Gasteiger partial charge in [0.1, 0.15) is 6.61 Å². The zero-order chi connectivity index (χ0) is 17.3. The number of likely N-dealkylation sites (tertiary alicyclic amines) is 1. The molecule has 0 amide bonds. The second kappa shape index (κ2) is 6.54. The Kier molecular flexibility index (Phi) is 4.62. The van der Waals surface area contributed by atoms with Crippen molar-refractivity contribution in [1.82, 2.24) is 10.1 Å². The number of β-amino-alcohol motifs (C(OH)–C–C–N with tert-alkyl or cyclic N) is 1. The van der Waals surface area contributed by atoms with Crippen LogP contribution in [0, 0.1) is 0 Å². The molecule has 1 atom stereocenters. The van der Waals surface area contributed by atoms with Gasteiger partial charge in [0, 0.05) is 31.6 Å². The van der Waals surface area contributed by atoms with Crippen molar-refractivity contribution in [3.63, 3.8) is 0 Å². The first-order valence-corrected chi connectivity index (χ1v) is 7.50.